The molecule has 1 saturated carbocycles. The summed E-state index contributed by atoms with van der Waals surface area (Å²) in [5, 5.41) is 0. The summed E-state index contributed by atoms with van der Waals surface area (Å²) < 4.78 is 14.2. The van der Waals surface area contributed by atoms with E-state index < -0.39 is 0 Å². The molecule has 0 bridgehead atoms. The van der Waals surface area contributed by atoms with Crippen molar-refractivity contribution in [2.24, 2.45) is 5.92 Å². The third-order valence-electron chi connectivity index (χ3n) is 4.47. The van der Waals surface area contributed by atoms with E-state index in [4.69, 9.17) is 0 Å². The molecule has 90 valence electrons. The first-order chi connectivity index (χ1) is 8.16. The summed E-state index contributed by atoms with van der Waals surface area (Å²) in [5.74, 6) is 1.17. The first kappa shape index (κ1) is 11.0. The van der Waals surface area contributed by atoms with Crippen molar-refractivity contribution in [3.63, 3.8) is 0 Å². The molecule has 2 aliphatic carbocycles. The van der Waals surface area contributed by atoms with Crippen LogP contribution in [0.2, 0.25) is 0 Å². The average Bonchev–Trinajstić information content (AvgIpc) is 2.19. The quantitative estimate of drug-likeness (QED) is 0.648. The average molecular weight is 230 g/mol. The predicted octanol–water partition coefficient (Wildman–Crippen LogP) is 4.82. The first-order valence-electron chi connectivity index (χ1n) is 6.64. The fourth-order valence-corrected chi connectivity index (χ4v) is 3.26. The molecule has 0 nitrogen and oxygen atoms in total. The maximum atomic E-state index is 14.2. The van der Waals surface area contributed by atoms with Gasteiger partial charge in [0.15, 0.2) is 0 Å². The highest BCUT2D eigenvalue weighted by atomic mass is 19.1. The van der Waals surface area contributed by atoms with E-state index >= 15 is 0 Å². The summed E-state index contributed by atoms with van der Waals surface area (Å²) in [4.78, 5) is 0. The Labute approximate surface area is 103 Å². The van der Waals surface area contributed by atoms with E-state index in [2.05, 4.69) is 19.1 Å². The van der Waals surface area contributed by atoms with Crippen LogP contribution in [0.25, 0.3) is 5.57 Å². The van der Waals surface area contributed by atoms with Gasteiger partial charge in [0, 0.05) is 0 Å². The molecule has 0 N–H and O–H groups in total. The van der Waals surface area contributed by atoms with E-state index in [0.717, 1.165) is 29.0 Å². The first-order valence-corrected chi connectivity index (χ1v) is 6.64. The summed E-state index contributed by atoms with van der Waals surface area (Å²) in [6.45, 7) is 4.08. The molecule has 1 aromatic rings. The summed E-state index contributed by atoms with van der Waals surface area (Å²) in [6, 6.07) is 3.85. The van der Waals surface area contributed by atoms with Gasteiger partial charge in [-0.25, -0.2) is 4.39 Å². The van der Waals surface area contributed by atoms with Crippen molar-refractivity contribution in [1.29, 1.82) is 0 Å². The second-order valence-electron chi connectivity index (χ2n) is 5.63. The van der Waals surface area contributed by atoms with E-state index in [0.29, 0.717) is 5.92 Å². The predicted molar refractivity (Wildman–Crippen MR) is 69.5 cm³/mol. The molecule has 0 aromatic heterocycles. The molecule has 1 heteroatoms. The van der Waals surface area contributed by atoms with Crippen LogP contribution in [0.1, 0.15) is 55.2 Å². The SMILES string of the molecule is CC1=CCC(C2CCC2)c2c(F)cc(C)cc21. The highest BCUT2D eigenvalue weighted by Crippen LogP contribution is 2.47. The van der Waals surface area contributed by atoms with Gasteiger partial charge in [0.1, 0.15) is 5.82 Å². The number of rotatable bonds is 1. The minimum Gasteiger partial charge on any atom is -0.207 e. The molecule has 17 heavy (non-hydrogen) atoms. The minimum atomic E-state index is 0.0179. The van der Waals surface area contributed by atoms with E-state index in [1.165, 1.54) is 24.8 Å². The van der Waals surface area contributed by atoms with Crippen LogP contribution in [-0.2, 0) is 0 Å². The second-order valence-corrected chi connectivity index (χ2v) is 5.63. The fourth-order valence-electron chi connectivity index (χ4n) is 3.26. The Bertz CT molecular complexity index is 481. The zero-order valence-electron chi connectivity index (χ0n) is 10.6. The van der Waals surface area contributed by atoms with Gasteiger partial charge in [0.25, 0.3) is 0 Å². The van der Waals surface area contributed by atoms with Crippen LogP contribution in [0.15, 0.2) is 18.2 Å². The topological polar surface area (TPSA) is 0 Å². The smallest absolute Gasteiger partial charge is 0.127 e. The Kier molecular flexibility index (Phi) is 2.57. The second kappa shape index (κ2) is 3.97. The molecule has 0 saturated heterocycles. The van der Waals surface area contributed by atoms with Gasteiger partial charge in [0.05, 0.1) is 0 Å². The summed E-state index contributed by atoms with van der Waals surface area (Å²) in [7, 11) is 0. The third-order valence-corrected chi connectivity index (χ3v) is 4.47. The van der Waals surface area contributed by atoms with Gasteiger partial charge in [-0.15, -0.1) is 0 Å². The lowest BCUT2D eigenvalue weighted by molar-refractivity contribution is 0.256. The molecule has 0 amide bonds. The van der Waals surface area contributed by atoms with Gasteiger partial charge in [-0.05, 0) is 73.3 Å². The van der Waals surface area contributed by atoms with Gasteiger partial charge in [0.2, 0.25) is 0 Å². The van der Waals surface area contributed by atoms with Crippen LogP contribution in [0.3, 0.4) is 0 Å². The molecule has 0 heterocycles. The van der Waals surface area contributed by atoms with Crippen molar-refractivity contribution < 1.29 is 4.39 Å². The van der Waals surface area contributed by atoms with E-state index in [1.807, 2.05) is 6.92 Å². The van der Waals surface area contributed by atoms with Crippen molar-refractivity contribution in [3.8, 4) is 0 Å². The van der Waals surface area contributed by atoms with Crippen LogP contribution in [-0.4, -0.2) is 0 Å². The molecule has 1 atom stereocenters. The standard InChI is InChI=1S/C16H19F/c1-10-8-14-11(2)6-7-13(12-4-3-5-12)16(14)15(17)9-10/h6,8-9,12-13H,3-5,7H2,1-2H3. The van der Waals surface area contributed by atoms with Crippen molar-refractivity contribution in [2.75, 3.05) is 0 Å². The molecule has 0 aliphatic heterocycles. The number of hydrogen-bond acceptors (Lipinski definition) is 0. The fraction of sp³-hybridized carbons (Fsp3) is 0.500. The third kappa shape index (κ3) is 1.72. The number of halogens is 1. The lowest BCUT2D eigenvalue weighted by atomic mass is 9.68. The molecule has 2 aliphatic rings. The highest BCUT2D eigenvalue weighted by Gasteiger charge is 2.33. The highest BCUT2D eigenvalue weighted by molar-refractivity contribution is 5.70. The molecule has 0 spiro atoms. The lowest BCUT2D eigenvalue weighted by Gasteiger charge is -2.37. The van der Waals surface area contributed by atoms with Crippen molar-refractivity contribution in [1.82, 2.24) is 0 Å². The molecule has 1 aromatic carbocycles. The molecular weight excluding hydrogens is 211 g/mol. The monoisotopic (exact) mass is 230 g/mol. The maximum Gasteiger partial charge on any atom is 0.127 e. The van der Waals surface area contributed by atoms with Crippen LogP contribution in [0.5, 0.6) is 0 Å². The minimum absolute atomic E-state index is 0.0179. The van der Waals surface area contributed by atoms with E-state index in [1.54, 1.807) is 6.07 Å². The van der Waals surface area contributed by atoms with Crippen LogP contribution >= 0.6 is 0 Å². The van der Waals surface area contributed by atoms with Gasteiger partial charge in [-0.3, -0.25) is 0 Å². The Balaban J connectivity index is 2.11. The van der Waals surface area contributed by atoms with Crippen molar-refractivity contribution in [3.05, 3.63) is 40.7 Å². The molecule has 0 radical (unpaired) electrons. The van der Waals surface area contributed by atoms with Gasteiger partial charge in [-0.2, -0.15) is 0 Å². The normalized spacial score (nSPS) is 23.9. The van der Waals surface area contributed by atoms with Gasteiger partial charge < -0.3 is 0 Å². The number of hydrogen-bond donors (Lipinski definition) is 0. The summed E-state index contributed by atoms with van der Waals surface area (Å²) in [6.07, 6.45) is 7.22. The summed E-state index contributed by atoms with van der Waals surface area (Å²) in [5.41, 5.74) is 4.44. The maximum absolute atomic E-state index is 14.2. The Hall–Kier alpha value is -1.11. The number of fused-ring (bicyclic) bond motifs is 1. The van der Waals surface area contributed by atoms with Gasteiger partial charge >= 0.3 is 0 Å². The largest absolute Gasteiger partial charge is 0.207 e. The van der Waals surface area contributed by atoms with Crippen LogP contribution in [0.4, 0.5) is 4.39 Å². The Morgan fingerprint density at radius 3 is 2.59 bits per heavy atom. The Morgan fingerprint density at radius 1 is 1.18 bits per heavy atom. The van der Waals surface area contributed by atoms with Crippen LogP contribution < -0.4 is 0 Å². The number of allylic oxidation sites excluding steroid dienone is 2. The van der Waals surface area contributed by atoms with Crippen molar-refractivity contribution >= 4 is 5.57 Å². The number of benzene rings is 1. The zero-order valence-corrected chi connectivity index (χ0v) is 10.6. The molecular formula is C16H19F. The van der Waals surface area contributed by atoms with Crippen LogP contribution in [0, 0.1) is 18.7 Å². The van der Waals surface area contributed by atoms with E-state index in [-0.39, 0.29) is 5.82 Å². The number of aryl methyl sites for hydroxylation is 1. The lowest BCUT2D eigenvalue weighted by Crippen LogP contribution is -2.23. The van der Waals surface area contributed by atoms with Gasteiger partial charge in [-0.1, -0.05) is 18.6 Å². The Morgan fingerprint density at radius 2 is 1.94 bits per heavy atom. The zero-order chi connectivity index (χ0) is 12.0. The van der Waals surface area contributed by atoms with Crippen molar-refractivity contribution in [2.45, 2.75) is 45.4 Å². The van der Waals surface area contributed by atoms with E-state index in [9.17, 15) is 4.39 Å². The molecule has 3 rings (SSSR count). The summed E-state index contributed by atoms with van der Waals surface area (Å²) >= 11 is 0. The molecule has 1 unspecified atom stereocenters. The molecule has 1 fully saturated rings.